The fourth-order valence-corrected chi connectivity index (χ4v) is 1.91. The minimum Gasteiger partial charge on any atom is -0.394 e. The minimum atomic E-state index is -0.804. The zero-order valence-corrected chi connectivity index (χ0v) is 10.5. The summed E-state index contributed by atoms with van der Waals surface area (Å²) in [5.74, 6) is -0.695. The average molecular weight is 263 g/mol. The number of hydrogen-bond donors (Lipinski definition) is 2. The van der Waals surface area contributed by atoms with Crippen LogP contribution in [-0.4, -0.2) is 11.7 Å². The Labute approximate surface area is 110 Å². The van der Waals surface area contributed by atoms with Gasteiger partial charge in [0.1, 0.15) is 11.6 Å². The number of benzene rings is 2. The number of nitrogens with one attached hydrogen (secondary N) is 1. The Kier molecular flexibility index (Phi) is 3.81. The minimum absolute atomic E-state index is 0.199. The van der Waals surface area contributed by atoms with Gasteiger partial charge in [0.05, 0.1) is 12.1 Å². The molecule has 4 heteroatoms. The predicted octanol–water partition coefficient (Wildman–Crippen LogP) is 3.28. The molecule has 0 aliphatic carbocycles. The Bertz CT molecular complexity index is 556. The molecule has 0 saturated heterocycles. The molecule has 100 valence electrons. The van der Waals surface area contributed by atoms with E-state index in [0.717, 1.165) is 5.56 Å². The zero-order valence-electron chi connectivity index (χ0n) is 10.5. The number of aliphatic hydroxyl groups excluding tert-OH is 1. The van der Waals surface area contributed by atoms with Crippen molar-refractivity contribution < 1.29 is 13.9 Å². The standard InChI is InChI=1S/C15H15F2NO/c1-15(10-19,11-5-7-12(16)8-6-11)18-14-4-2-3-13(17)9-14/h2-9,18-19H,10H2,1H3. The predicted molar refractivity (Wildman–Crippen MR) is 70.9 cm³/mol. The van der Waals surface area contributed by atoms with E-state index in [0.29, 0.717) is 5.69 Å². The van der Waals surface area contributed by atoms with Gasteiger partial charge in [-0.25, -0.2) is 8.78 Å². The lowest BCUT2D eigenvalue weighted by Crippen LogP contribution is -2.35. The molecule has 0 aliphatic rings. The quantitative estimate of drug-likeness (QED) is 0.887. The summed E-state index contributed by atoms with van der Waals surface area (Å²) in [6.07, 6.45) is 0. The summed E-state index contributed by atoms with van der Waals surface area (Å²) in [4.78, 5) is 0. The van der Waals surface area contributed by atoms with Gasteiger partial charge >= 0.3 is 0 Å². The molecule has 2 aromatic rings. The molecule has 0 saturated carbocycles. The second kappa shape index (κ2) is 5.36. The maximum Gasteiger partial charge on any atom is 0.125 e. The molecular formula is C15H15F2NO. The van der Waals surface area contributed by atoms with Gasteiger partial charge in [-0.05, 0) is 42.8 Å². The molecule has 0 spiro atoms. The Morgan fingerprint density at radius 2 is 1.74 bits per heavy atom. The normalized spacial score (nSPS) is 13.9. The number of hydrogen-bond acceptors (Lipinski definition) is 2. The highest BCUT2D eigenvalue weighted by Crippen LogP contribution is 2.26. The molecule has 0 fully saturated rings. The molecule has 2 rings (SSSR count). The number of rotatable bonds is 4. The second-order valence-electron chi connectivity index (χ2n) is 4.63. The smallest absolute Gasteiger partial charge is 0.125 e. The molecule has 2 nitrogen and oxygen atoms in total. The SMILES string of the molecule is CC(CO)(Nc1cccc(F)c1)c1ccc(F)cc1. The molecule has 2 aromatic carbocycles. The number of halogens is 2. The van der Waals surface area contributed by atoms with Gasteiger partial charge in [-0.3, -0.25) is 0 Å². The molecule has 0 aromatic heterocycles. The lowest BCUT2D eigenvalue weighted by atomic mass is 9.92. The summed E-state index contributed by atoms with van der Waals surface area (Å²) in [5.41, 5.74) is 0.475. The lowest BCUT2D eigenvalue weighted by Gasteiger charge is -2.30. The summed E-state index contributed by atoms with van der Waals surface area (Å²) in [7, 11) is 0. The number of aliphatic hydroxyl groups is 1. The molecule has 0 radical (unpaired) electrons. The van der Waals surface area contributed by atoms with E-state index in [-0.39, 0.29) is 18.2 Å². The van der Waals surface area contributed by atoms with Crippen LogP contribution in [0.2, 0.25) is 0 Å². The van der Waals surface area contributed by atoms with Crippen molar-refractivity contribution in [1.82, 2.24) is 0 Å². The van der Waals surface area contributed by atoms with Crippen molar-refractivity contribution in [2.45, 2.75) is 12.5 Å². The van der Waals surface area contributed by atoms with Crippen LogP contribution in [0.4, 0.5) is 14.5 Å². The van der Waals surface area contributed by atoms with E-state index in [4.69, 9.17) is 0 Å². The molecule has 1 atom stereocenters. The van der Waals surface area contributed by atoms with Crippen molar-refractivity contribution in [3.05, 3.63) is 65.7 Å². The average Bonchev–Trinajstić information content (AvgIpc) is 2.39. The first-order valence-corrected chi connectivity index (χ1v) is 5.94. The van der Waals surface area contributed by atoms with Crippen LogP contribution in [0.5, 0.6) is 0 Å². The molecule has 19 heavy (non-hydrogen) atoms. The first kappa shape index (κ1) is 13.5. The third-order valence-electron chi connectivity index (χ3n) is 3.04. The first-order valence-electron chi connectivity index (χ1n) is 5.94. The molecule has 0 aliphatic heterocycles. The first-order chi connectivity index (χ1) is 9.03. The molecular weight excluding hydrogens is 248 g/mol. The second-order valence-corrected chi connectivity index (χ2v) is 4.63. The number of anilines is 1. The van der Waals surface area contributed by atoms with Gasteiger partial charge in [0.15, 0.2) is 0 Å². The maximum atomic E-state index is 13.1. The highest BCUT2D eigenvalue weighted by molar-refractivity contribution is 5.48. The van der Waals surface area contributed by atoms with E-state index < -0.39 is 5.54 Å². The van der Waals surface area contributed by atoms with Gasteiger partial charge in [0.2, 0.25) is 0 Å². The molecule has 0 amide bonds. The van der Waals surface area contributed by atoms with Gasteiger partial charge in [0, 0.05) is 5.69 Å². The largest absolute Gasteiger partial charge is 0.394 e. The topological polar surface area (TPSA) is 32.3 Å². The van der Waals surface area contributed by atoms with Gasteiger partial charge < -0.3 is 10.4 Å². The third kappa shape index (κ3) is 3.09. The van der Waals surface area contributed by atoms with Crippen molar-refractivity contribution >= 4 is 5.69 Å². The van der Waals surface area contributed by atoms with Crippen LogP contribution in [-0.2, 0) is 5.54 Å². The van der Waals surface area contributed by atoms with Gasteiger partial charge in [-0.1, -0.05) is 18.2 Å². The van der Waals surface area contributed by atoms with Crippen LogP contribution in [0.25, 0.3) is 0 Å². The summed E-state index contributed by atoms with van der Waals surface area (Å²) < 4.78 is 26.1. The molecule has 2 N–H and O–H groups in total. The van der Waals surface area contributed by atoms with E-state index >= 15 is 0 Å². The van der Waals surface area contributed by atoms with E-state index in [1.54, 1.807) is 31.2 Å². The van der Waals surface area contributed by atoms with Crippen molar-refractivity contribution in [2.24, 2.45) is 0 Å². The summed E-state index contributed by atoms with van der Waals surface area (Å²) in [6, 6.07) is 11.8. The Morgan fingerprint density at radius 3 is 2.32 bits per heavy atom. The summed E-state index contributed by atoms with van der Waals surface area (Å²) in [5, 5.41) is 12.7. The highest BCUT2D eigenvalue weighted by Gasteiger charge is 2.25. The fraction of sp³-hybridized carbons (Fsp3) is 0.200. The zero-order chi connectivity index (χ0) is 13.9. The van der Waals surface area contributed by atoms with Crippen LogP contribution in [0, 0.1) is 11.6 Å². The Hall–Kier alpha value is -1.94. The van der Waals surface area contributed by atoms with E-state index in [2.05, 4.69) is 5.32 Å². The lowest BCUT2D eigenvalue weighted by molar-refractivity contribution is 0.224. The van der Waals surface area contributed by atoms with Gasteiger partial charge in [-0.15, -0.1) is 0 Å². The van der Waals surface area contributed by atoms with E-state index in [9.17, 15) is 13.9 Å². The van der Waals surface area contributed by atoms with Crippen molar-refractivity contribution in [3.8, 4) is 0 Å². The monoisotopic (exact) mass is 263 g/mol. The highest BCUT2D eigenvalue weighted by atomic mass is 19.1. The van der Waals surface area contributed by atoms with Crippen LogP contribution in [0.15, 0.2) is 48.5 Å². The summed E-state index contributed by atoms with van der Waals surface area (Å²) >= 11 is 0. The third-order valence-corrected chi connectivity index (χ3v) is 3.04. The maximum absolute atomic E-state index is 13.1. The van der Waals surface area contributed by atoms with Crippen LogP contribution in [0.1, 0.15) is 12.5 Å². The van der Waals surface area contributed by atoms with E-state index in [1.165, 1.54) is 24.3 Å². The Balaban J connectivity index is 2.29. The van der Waals surface area contributed by atoms with E-state index in [1.807, 2.05) is 0 Å². The van der Waals surface area contributed by atoms with Gasteiger partial charge in [0.25, 0.3) is 0 Å². The fourth-order valence-electron chi connectivity index (χ4n) is 1.91. The van der Waals surface area contributed by atoms with Crippen molar-refractivity contribution in [2.75, 3.05) is 11.9 Å². The van der Waals surface area contributed by atoms with Crippen LogP contribution < -0.4 is 5.32 Å². The van der Waals surface area contributed by atoms with Gasteiger partial charge in [-0.2, -0.15) is 0 Å². The van der Waals surface area contributed by atoms with Crippen molar-refractivity contribution in [1.29, 1.82) is 0 Å². The Morgan fingerprint density at radius 1 is 1.05 bits per heavy atom. The molecule has 0 heterocycles. The van der Waals surface area contributed by atoms with Crippen molar-refractivity contribution in [3.63, 3.8) is 0 Å². The van der Waals surface area contributed by atoms with Crippen LogP contribution >= 0.6 is 0 Å². The molecule has 1 unspecified atom stereocenters. The molecule has 0 bridgehead atoms. The van der Waals surface area contributed by atoms with Crippen LogP contribution in [0.3, 0.4) is 0 Å². The summed E-state index contributed by atoms with van der Waals surface area (Å²) in [6.45, 7) is 1.57.